The minimum Gasteiger partial charge on any atom is -0.432 e. The van der Waals surface area contributed by atoms with Crippen molar-refractivity contribution in [2.75, 3.05) is 6.61 Å². The molecule has 122 valence electrons. The van der Waals surface area contributed by atoms with Crippen molar-refractivity contribution in [1.29, 1.82) is 0 Å². The van der Waals surface area contributed by atoms with Crippen LogP contribution in [-0.4, -0.2) is 18.7 Å². The molecule has 0 N–H and O–H groups in total. The van der Waals surface area contributed by atoms with Crippen LogP contribution in [0.3, 0.4) is 0 Å². The Kier molecular flexibility index (Phi) is 7.39. The van der Waals surface area contributed by atoms with Crippen LogP contribution in [0.4, 0.5) is 4.79 Å². The van der Waals surface area contributed by atoms with Gasteiger partial charge in [0.25, 0.3) is 0 Å². The highest BCUT2D eigenvalue weighted by atomic mass is 17.5. The van der Waals surface area contributed by atoms with Crippen LogP contribution in [0.5, 0.6) is 0 Å². The second kappa shape index (κ2) is 9.04. The van der Waals surface area contributed by atoms with Crippen LogP contribution in [0.15, 0.2) is 12.1 Å². The molecule has 0 unspecified atom stereocenters. The first kappa shape index (κ1) is 18.0. The Morgan fingerprint density at radius 1 is 1.00 bits per heavy atom. The summed E-state index contributed by atoms with van der Waals surface area (Å²) in [7, 11) is 0. The summed E-state index contributed by atoms with van der Waals surface area (Å²) in [4.78, 5) is 31.7. The van der Waals surface area contributed by atoms with E-state index in [1.165, 1.54) is 0 Å². The molecule has 0 heterocycles. The van der Waals surface area contributed by atoms with Gasteiger partial charge in [-0.15, -0.1) is 0 Å². The highest BCUT2D eigenvalue weighted by Crippen LogP contribution is 2.17. The third kappa shape index (κ3) is 5.73. The molecule has 0 saturated carbocycles. The first-order chi connectivity index (χ1) is 10.5. The lowest BCUT2D eigenvalue weighted by atomic mass is 10.0. The number of ether oxygens (including phenoxy) is 1. The fourth-order valence-electron chi connectivity index (χ4n) is 2.15. The van der Waals surface area contributed by atoms with E-state index in [9.17, 15) is 9.59 Å². The minimum atomic E-state index is -1.04. The number of hydrogen-bond acceptors (Lipinski definition) is 6. The van der Waals surface area contributed by atoms with E-state index < -0.39 is 12.1 Å². The molecule has 0 fully saturated rings. The number of benzene rings is 1. The van der Waals surface area contributed by atoms with Gasteiger partial charge < -0.3 is 4.74 Å². The number of unbranched alkanes of at least 4 members (excludes halogenated alkanes) is 2. The molecule has 0 radical (unpaired) electrons. The van der Waals surface area contributed by atoms with Crippen LogP contribution in [0, 0.1) is 20.8 Å². The van der Waals surface area contributed by atoms with E-state index in [1.54, 1.807) is 13.8 Å². The van der Waals surface area contributed by atoms with E-state index in [2.05, 4.69) is 14.8 Å². The first-order valence-electron chi connectivity index (χ1n) is 7.25. The lowest BCUT2D eigenvalue weighted by Gasteiger charge is -2.09. The maximum atomic E-state index is 11.9. The molecule has 1 rings (SSSR count). The van der Waals surface area contributed by atoms with Gasteiger partial charge in [-0.2, -0.15) is 0 Å². The molecule has 1 aromatic carbocycles. The van der Waals surface area contributed by atoms with Crippen LogP contribution < -0.4 is 0 Å². The van der Waals surface area contributed by atoms with Gasteiger partial charge in [-0.3, -0.25) is 4.89 Å². The Morgan fingerprint density at radius 2 is 1.64 bits per heavy atom. The van der Waals surface area contributed by atoms with Gasteiger partial charge in [0, 0.05) is 0 Å². The maximum Gasteiger partial charge on any atom is 0.543 e. The fraction of sp³-hybridized carbons (Fsp3) is 0.500. The van der Waals surface area contributed by atoms with Crippen molar-refractivity contribution in [3.05, 3.63) is 34.4 Å². The number of carbonyl (C=O) groups is 2. The van der Waals surface area contributed by atoms with E-state index in [0.29, 0.717) is 5.56 Å². The van der Waals surface area contributed by atoms with Gasteiger partial charge in [0.15, 0.2) is 0 Å². The molecule has 0 spiro atoms. The maximum absolute atomic E-state index is 11.9. The second-order valence-corrected chi connectivity index (χ2v) is 5.10. The Labute approximate surface area is 130 Å². The summed E-state index contributed by atoms with van der Waals surface area (Å²) >= 11 is 0. The predicted molar refractivity (Wildman–Crippen MR) is 79.1 cm³/mol. The molecular weight excluding hydrogens is 288 g/mol. The molecule has 0 bridgehead atoms. The number of rotatable bonds is 7. The highest BCUT2D eigenvalue weighted by Gasteiger charge is 2.17. The van der Waals surface area contributed by atoms with Gasteiger partial charge in [0.05, 0.1) is 17.2 Å². The number of carbonyl (C=O) groups excluding carboxylic acids is 2. The van der Waals surface area contributed by atoms with E-state index >= 15 is 0 Å². The molecule has 0 amide bonds. The zero-order valence-electron chi connectivity index (χ0n) is 13.4. The van der Waals surface area contributed by atoms with Crippen molar-refractivity contribution in [3.8, 4) is 0 Å². The van der Waals surface area contributed by atoms with E-state index in [0.717, 1.165) is 36.0 Å². The van der Waals surface area contributed by atoms with Gasteiger partial charge in [-0.1, -0.05) is 37.5 Å². The largest absolute Gasteiger partial charge is 0.543 e. The highest BCUT2D eigenvalue weighted by molar-refractivity contribution is 5.92. The summed E-state index contributed by atoms with van der Waals surface area (Å²) in [6.07, 6.45) is 1.67. The monoisotopic (exact) mass is 310 g/mol. The number of hydrogen-bond donors (Lipinski definition) is 0. The van der Waals surface area contributed by atoms with Gasteiger partial charge in [-0.25, -0.2) is 14.5 Å². The van der Waals surface area contributed by atoms with Crippen molar-refractivity contribution in [2.45, 2.75) is 47.0 Å². The molecule has 0 saturated heterocycles. The van der Waals surface area contributed by atoms with Crippen molar-refractivity contribution in [2.24, 2.45) is 0 Å². The molecule has 6 nitrogen and oxygen atoms in total. The fourth-order valence-corrected chi connectivity index (χ4v) is 2.15. The van der Waals surface area contributed by atoms with Crippen molar-refractivity contribution >= 4 is 12.1 Å². The predicted octanol–water partition coefficient (Wildman–Crippen LogP) is 3.96. The standard InChI is InChI=1S/C16H22O6/c1-5-6-7-8-19-16(18)21-22-20-15(17)14-12(3)9-11(2)10-13(14)4/h9-10H,5-8H2,1-4H3. The average Bonchev–Trinajstić information content (AvgIpc) is 2.42. The van der Waals surface area contributed by atoms with Gasteiger partial charge in [0.1, 0.15) is 0 Å². The Morgan fingerprint density at radius 3 is 2.23 bits per heavy atom. The molecule has 6 heteroatoms. The third-order valence-electron chi connectivity index (χ3n) is 3.06. The summed E-state index contributed by atoms with van der Waals surface area (Å²) < 4.78 is 4.72. The van der Waals surface area contributed by atoms with Gasteiger partial charge in [-0.05, 0) is 38.3 Å². The Hall–Kier alpha value is -2.08. The first-order valence-corrected chi connectivity index (χ1v) is 7.25. The lowest BCUT2D eigenvalue weighted by Crippen LogP contribution is -2.14. The summed E-state index contributed by atoms with van der Waals surface area (Å²) in [6.45, 7) is 7.79. The molecule has 0 atom stereocenters. The van der Waals surface area contributed by atoms with Crippen LogP contribution in [0.2, 0.25) is 0 Å². The van der Waals surface area contributed by atoms with Crippen LogP contribution in [-0.2, 0) is 19.6 Å². The van der Waals surface area contributed by atoms with Gasteiger partial charge in [0.2, 0.25) is 0 Å². The third-order valence-corrected chi connectivity index (χ3v) is 3.06. The normalized spacial score (nSPS) is 10.2. The summed E-state index contributed by atoms with van der Waals surface area (Å²) in [5.41, 5.74) is 2.94. The summed E-state index contributed by atoms with van der Waals surface area (Å²) in [6, 6.07) is 3.71. The molecule has 1 aromatic rings. The molecule has 22 heavy (non-hydrogen) atoms. The average molecular weight is 310 g/mol. The molecule has 0 aliphatic rings. The van der Waals surface area contributed by atoms with E-state index in [-0.39, 0.29) is 6.61 Å². The SMILES string of the molecule is CCCCCOC(=O)OOOC(=O)c1c(C)cc(C)cc1C. The minimum absolute atomic E-state index is 0.236. The molecule has 0 aliphatic carbocycles. The lowest BCUT2D eigenvalue weighted by molar-refractivity contribution is -0.452. The smallest absolute Gasteiger partial charge is 0.432 e. The van der Waals surface area contributed by atoms with E-state index in [1.807, 2.05) is 26.0 Å². The molecule has 0 aromatic heterocycles. The summed E-state index contributed by atoms with van der Waals surface area (Å²) in [5.74, 6) is -0.728. The van der Waals surface area contributed by atoms with Crippen LogP contribution in [0.25, 0.3) is 0 Å². The second-order valence-electron chi connectivity index (χ2n) is 5.10. The van der Waals surface area contributed by atoms with Crippen molar-refractivity contribution in [1.82, 2.24) is 0 Å². The van der Waals surface area contributed by atoms with Crippen LogP contribution >= 0.6 is 0 Å². The van der Waals surface area contributed by atoms with Crippen LogP contribution in [0.1, 0.15) is 53.2 Å². The van der Waals surface area contributed by atoms with Crippen molar-refractivity contribution in [3.63, 3.8) is 0 Å². The Balaban J connectivity index is 2.39. The van der Waals surface area contributed by atoms with Gasteiger partial charge >= 0.3 is 12.1 Å². The zero-order chi connectivity index (χ0) is 16.5. The van der Waals surface area contributed by atoms with Crippen molar-refractivity contribution < 1.29 is 29.1 Å². The molecular formula is C16H22O6. The molecule has 0 aliphatic heterocycles. The topological polar surface area (TPSA) is 71.1 Å². The Bertz CT molecular complexity index is 500. The quantitative estimate of drug-likeness (QED) is 0.328. The number of aryl methyl sites for hydroxylation is 3. The summed E-state index contributed by atoms with van der Waals surface area (Å²) in [5, 5.41) is 4.18. The zero-order valence-corrected chi connectivity index (χ0v) is 13.4. The van der Waals surface area contributed by atoms with E-state index in [4.69, 9.17) is 4.74 Å².